The van der Waals surface area contributed by atoms with Crippen molar-refractivity contribution in [3.63, 3.8) is 0 Å². The predicted molar refractivity (Wildman–Crippen MR) is 111 cm³/mol. The molecule has 1 nitrogen and oxygen atoms in total. The fourth-order valence-electron chi connectivity index (χ4n) is 4.25. The zero-order chi connectivity index (χ0) is 17.8. The largest absolute Gasteiger partial charge is 0.299 e. The molecule has 3 aromatic rings. The van der Waals surface area contributed by atoms with Crippen molar-refractivity contribution in [3.05, 3.63) is 103 Å². The fraction of sp³-hybridized carbons (Fsp3) is 0.125. The number of ketones is 1. The van der Waals surface area contributed by atoms with E-state index < -0.39 is 8.07 Å². The molecular formula is C24H22OSi. The summed E-state index contributed by atoms with van der Waals surface area (Å²) in [6, 6.07) is 32.0. The maximum absolute atomic E-state index is 13.1. The highest BCUT2D eigenvalue weighted by molar-refractivity contribution is 7.14. The molecule has 0 N–H and O–H groups in total. The molecule has 1 atom stereocenters. The van der Waals surface area contributed by atoms with Crippen molar-refractivity contribution >= 4 is 29.4 Å². The maximum atomic E-state index is 13.1. The lowest BCUT2D eigenvalue weighted by Crippen LogP contribution is -2.71. The summed E-state index contributed by atoms with van der Waals surface area (Å²) >= 11 is 0. The number of carbonyl (C=O) groups is 1. The minimum Gasteiger partial charge on any atom is -0.299 e. The van der Waals surface area contributed by atoms with Crippen LogP contribution in [0.15, 0.2) is 103 Å². The van der Waals surface area contributed by atoms with Gasteiger partial charge in [0.2, 0.25) is 0 Å². The van der Waals surface area contributed by atoms with Crippen molar-refractivity contribution < 1.29 is 4.79 Å². The number of carbonyl (C=O) groups excluding carboxylic acids is 1. The van der Waals surface area contributed by atoms with Gasteiger partial charge in [-0.2, -0.15) is 0 Å². The summed E-state index contributed by atoms with van der Waals surface area (Å²) in [5.74, 6) is 0.371. The molecule has 0 amide bonds. The van der Waals surface area contributed by atoms with Crippen molar-refractivity contribution in [3.8, 4) is 0 Å². The molecule has 0 aromatic heterocycles. The molecule has 128 valence electrons. The first kappa shape index (κ1) is 16.7. The van der Waals surface area contributed by atoms with Gasteiger partial charge in [-0.15, -0.1) is 0 Å². The standard InChI is InChI=1S/C24H22OSi/c25-23-18-10-11-19-24(23)26(20-12-4-1-5-13-20,21-14-6-2-7-15-21)22-16-8-3-9-17-22/h1-9,11-17,19,24H,10,18H2/t24-/m0/s1. The van der Waals surface area contributed by atoms with E-state index in [1.54, 1.807) is 0 Å². The van der Waals surface area contributed by atoms with E-state index >= 15 is 0 Å². The first-order chi connectivity index (χ1) is 12.8. The van der Waals surface area contributed by atoms with Gasteiger partial charge in [-0.05, 0) is 22.0 Å². The first-order valence-electron chi connectivity index (χ1n) is 9.19. The van der Waals surface area contributed by atoms with Crippen LogP contribution in [0.4, 0.5) is 0 Å². The molecule has 2 heteroatoms. The Bertz CT molecular complexity index is 804. The van der Waals surface area contributed by atoms with Crippen LogP contribution in [0.3, 0.4) is 0 Å². The van der Waals surface area contributed by atoms with Crippen LogP contribution < -0.4 is 15.6 Å². The van der Waals surface area contributed by atoms with E-state index in [1.165, 1.54) is 15.6 Å². The second-order valence-corrected chi connectivity index (χ2v) is 10.8. The molecule has 1 aliphatic rings. The van der Waals surface area contributed by atoms with Crippen molar-refractivity contribution in [2.45, 2.75) is 18.4 Å². The van der Waals surface area contributed by atoms with Gasteiger partial charge >= 0.3 is 0 Å². The third-order valence-electron chi connectivity index (χ3n) is 5.39. The van der Waals surface area contributed by atoms with Gasteiger partial charge in [-0.3, -0.25) is 4.79 Å². The number of hydrogen-bond donors (Lipinski definition) is 0. The van der Waals surface area contributed by atoms with Crippen LogP contribution >= 0.6 is 0 Å². The van der Waals surface area contributed by atoms with Crippen LogP contribution in [-0.2, 0) is 4.79 Å². The molecule has 0 radical (unpaired) electrons. The average molecular weight is 355 g/mol. The molecule has 0 saturated carbocycles. The van der Waals surface area contributed by atoms with Crippen LogP contribution in [0.2, 0.25) is 5.54 Å². The van der Waals surface area contributed by atoms with Crippen molar-refractivity contribution in [2.24, 2.45) is 0 Å². The van der Waals surface area contributed by atoms with Gasteiger partial charge in [0, 0.05) is 12.0 Å². The minimum absolute atomic E-state index is 0.0663. The lowest BCUT2D eigenvalue weighted by molar-refractivity contribution is -0.118. The van der Waals surface area contributed by atoms with Gasteiger partial charge in [-0.1, -0.05) is 103 Å². The summed E-state index contributed by atoms with van der Waals surface area (Å²) in [7, 11) is -2.52. The molecule has 26 heavy (non-hydrogen) atoms. The topological polar surface area (TPSA) is 17.1 Å². The third-order valence-corrected chi connectivity index (χ3v) is 10.6. The van der Waals surface area contributed by atoms with Crippen LogP contribution in [0, 0.1) is 0 Å². The van der Waals surface area contributed by atoms with Crippen molar-refractivity contribution in [1.29, 1.82) is 0 Å². The Balaban J connectivity index is 2.09. The van der Waals surface area contributed by atoms with Gasteiger partial charge < -0.3 is 0 Å². The average Bonchev–Trinajstić information content (AvgIpc) is 2.72. The SMILES string of the molecule is O=C1CCC=C[C@@H]1[Si](c1ccccc1)(c1ccccc1)c1ccccc1. The summed E-state index contributed by atoms with van der Waals surface area (Å²) in [5, 5.41) is 3.88. The summed E-state index contributed by atoms with van der Waals surface area (Å²) in [4.78, 5) is 13.1. The Morgan fingerprint density at radius 2 is 1.08 bits per heavy atom. The maximum Gasteiger partial charge on any atom is 0.162 e. The molecule has 0 bridgehead atoms. The second-order valence-electron chi connectivity index (χ2n) is 6.82. The number of benzene rings is 3. The Hall–Kier alpha value is -2.71. The van der Waals surface area contributed by atoms with E-state index in [0.717, 1.165) is 6.42 Å². The monoisotopic (exact) mass is 354 g/mol. The number of rotatable bonds is 4. The Labute approximate surface area is 156 Å². The molecule has 0 spiro atoms. The molecule has 1 aliphatic carbocycles. The lowest BCUT2D eigenvalue weighted by atomic mass is 10.1. The Kier molecular flexibility index (Phi) is 4.68. The molecule has 0 fully saturated rings. The Morgan fingerprint density at radius 1 is 0.654 bits per heavy atom. The zero-order valence-electron chi connectivity index (χ0n) is 14.7. The molecule has 0 unspecified atom stereocenters. The second kappa shape index (κ2) is 7.26. The number of hydrogen-bond acceptors (Lipinski definition) is 1. The third kappa shape index (κ3) is 2.77. The Morgan fingerprint density at radius 3 is 1.46 bits per heavy atom. The normalized spacial score (nSPS) is 17.2. The molecule has 0 heterocycles. The highest BCUT2D eigenvalue weighted by Gasteiger charge is 2.48. The van der Waals surface area contributed by atoms with Crippen LogP contribution in [-0.4, -0.2) is 13.9 Å². The summed E-state index contributed by atoms with van der Waals surface area (Å²) in [6.07, 6.45) is 5.88. The van der Waals surface area contributed by atoms with E-state index in [2.05, 4.69) is 103 Å². The lowest BCUT2D eigenvalue weighted by Gasteiger charge is -2.39. The number of allylic oxidation sites excluding steroid dienone is 2. The van der Waals surface area contributed by atoms with Gasteiger partial charge in [0.25, 0.3) is 0 Å². The van der Waals surface area contributed by atoms with Crippen LogP contribution in [0.25, 0.3) is 0 Å². The van der Waals surface area contributed by atoms with E-state index in [-0.39, 0.29) is 5.54 Å². The van der Waals surface area contributed by atoms with Gasteiger partial charge in [0.1, 0.15) is 5.78 Å². The van der Waals surface area contributed by atoms with Gasteiger partial charge in [0.05, 0.1) is 0 Å². The predicted octanol–water partition coefficient (Wildman–Crippen LogP) is 3.45. The molecule has 0 saturated heterocycles. The first-order valence-corrected chi connectivity index (χ1v) is 11.3. The summed E-state index contributed by atoms with van der Waals surface area (Å²) in [5.41, 5.74) is -0.0663. The van der Waals surface area contributed by atoms with Gasteiger partial charge in [-0.25, -0.2) is 0 Å². The van der Waals surface area contributed by atoms with E-state index in [9.17, 15) is 4.79 Å². The van der Waals surface area contributed by atoms with Crippen LogP contribution in [0.1, 0.15) is 12.8 Å². The summed E-state index contributed by atoms with van der Waals surface area (Å²) in [6.45, 7) is 0. The van der Waals surface area contributed by atoms with Crippen molar-refractivity contribution in [2.75, 3.05) is 0 Å². The number of Topliss-reactive ketones (excluding diaryl/α,β-unsaturated/α-hetero) is 1. The van der Waals surface area contributed by atoms with Crippen LogP contribution in [0.5, 0.6) is 0 Å². The van der Waals surface area contributed by atoms with Gasteiger partial charge in [0.15, 0.2) is 8.07 Å². The van der Waals surface area contributed by atoms with E-state index in [4.69, 9.17) is 0 Å². The molecular weight excluding hydrogens is 332 g/mol. The fourth-order valence-corrected chi connectivity index (χ4v) is 9.53. The highest BCUT2D eigenvalue weighted by atomic mass is 28.3. The molecule has 0 aliphatic heterocycles. The zero-order valence-corrected chi connectivity index (χ0v) is 15.7. The molecule has 3 aromatic carbocycles. The summed E-state index contributed by atoms with van der Waals surface area (Å²) < 4.78 is 0. The smallest absolute Gasteiger partial charge is 0.162 e. The minimum atomic E-state index is -2.52. The van der Waals surface area contributed by atoms with E-state index in [1.807, 2.05) is 0 Å². The van der Waals surface area contributed by atoms with Crippen molar-refractivity contribution in [1.82, 2.24) is 0 Å². The van der Waals surface area contributed by atoms with E-state index in [0.29, 0.717) is 12.2 Å². The quantitative estimate of drug-likeness (QED) is 0.398. The molecule has 4 rings (SSSR count). The highest BCUT2D eigenvalue weighted by Crippen LogP contribution is 2.30.